The zero-order valence-electron chi connectivity index (χ0n) is 19.9. The molecule has 2 rings (SSSR count). The molecule has 1 aliphatic rings. The van der Waals surface area contributed by atoms with Gasteiger partial charge in [0.1, 0.15) is 17.6 Å². The molecular formula is C24H35F3N2O2. The minimum absolute atomic E-state index is 0.00835. The lowest BCUT2D eigenvalue weighted by Crippen LogP contribution is -2.35. The molecule has 174 valence electrons. The molecule has 0 N–H and O–H groups in total. The molecule has 0 radical (unpaired) electrons. The SMILES string of the molecule is CCc1nc(C2=C(OC)CC(C)(C(F)(F)F)C=C2)c(CC)nc1OC(C(C)C)C(C)C. The number of rotatable bonds is 8. The van der Waals surface area contributed by atoms with Gasteiger partial charge in [-0.3, -0.25) is 0 Å². The molecule has 0 aliphatic heterocycles. The summed E-state index contributed by atoms with van der Waals surface area (Å²) in [6.07, 6.45) is -0.798. The van der Waals surface area contributed by atoms with Gasteiger partial charge in [-0.25, -0.2) is 9.97 Å². The van der Waals surface area contributed by atoms with Gasteiger partial charge in [-0.1, -0.05) is 53.7 Å². The standard InChI is InChI=1S/C24H35F3N2O2/c1-9-17-20(16-11-12-23(7,24(25,26)27)13-19(16)30-8)28-18(10-2)22(29-17)31-21(14(3)4)15(5)6/h11-12,14-15,21H,9-10,13H2,1-8H3. The van der Waals surface area contributed by atoms with Crippen LogP contribution in [0.4, 0.5) is 13.2 Å². The maximum atomic E-state index is 13.6. The second kappa shape index (κ2) is 9.61. The molecule has 1 heterocycles. The molecular weight excluding hydrogens is 405 g/mol. The third-order valence-corrected chi connectivity index (χ3v) is 5.83. The van der Waals surface area contributed by atoms with Crippen LogP contribution in [-0.2, 0) is 17.6 Å². The van der Waals surface area contributed by atoms with Gasteiger partial charge in [0.25, 0.3) is 0 Å². The quantitative estimate of drug-likeness (QED) is 0.460. The van der Waals surface area contributed by atoms with Crippen molar-refractivity contribution in [3.8, 4) is 5.88 Å². The highest BCUT2D eigenvalue weighted by molar-refractivity contribution is 5.76. The van der Waals surface area contributed by atoms with Gasteiger partial charge in [0, 0.05) is 12.0 Å². The Morgan fingerprint density at radius 3 is 2.06 bits per heavy atom. The summed E-state index contributed by atoms with van der Waals surface area (Å²) in [5, 5.41) is 0. The summed E-state index contributed by atoms with van der Waals surface area (Å²) < 4.78 is 52.4. The molecule has 7 heteroatoms. The van der Waals surface area contributed by atoms with E-state index < -0.39 is 11.6 Å². The highest BCUT2D eigenvalue weighted by atomic mass is 19.4. The Kier molecular flexibility index (Phi) is 7.82. The van der Waals surface area contributed by atoms with E-state index in [1.807, 2.05) is 13.8 Å². The molecule has 1 unspecified atom stereocenters. The summed E-state index contributed by atoms with van der Waals surface area (Å²) >= 11 is 0. The van der Waals surface area contributed by atoms with Gasteiger partial charge in [-0.2, -0.15) is 13.2 Å². The van der Waals surface area contributed by atoms with E-state index in [-0.39, 0.29) is 18.3 Å². The Labute approximate surface area is 184 Å². The normalized spacial score (nSPS) is 19.7. The van der Waals surface area contributed by atoms with Crippen LogP contribution in [0.5, 0.6) is 5.88 Å². The Morgan fingerprint density at radius 2 is 1.61 bits per heavy atom. The molecule has 1 aromatic rings. The fourth-order valence-corrected chi connectivity index (χ4v) is 3.88. The monoisotopic (exact) mass is 440 g/mol. The summed E-state index contributed by atoms with van der Waals surface area (Å²) in [6, 6.07) is 0. The molecule has 0 fully saturated rings. The van der Waals surface area contributed by atoms with E-state index in [9.17, 15) is 13.2 Å². The second-order valence-electron chi connectivity index (χ2n) is 9.01. The predicted octanol–water partition coefficient (Wildman–Crippen LogP) is 6.55. The summed E-state index contributed by atoms with van der Waals surface area (Å²) in [5.74, 6) is 1.39. The summed E-state index contributed by atoms with van der Waals surface area (Å²) in [7, 11) is 1.40. The third-order valence-electron chi connectivity index (χ3n) is 5.83. The average Bonchev–Trinajstić information content (AvgIpc) is 2.70. The number of nitrogens with zero attached hydrogens (tertiary/aromatic N) is 2. The van der Waals surface area contributed by atoms with Crippen molar-refractivity contribution < 1.29 is 22.6 Å². The molecule has 0 bridgehead atoms. The van der Waals surface area contributed by atoms with E-state index in [0.717, 1.165) is 0 Å². The number of ether oxygens (including phenoxy) is 2. The van der Waals surface area contributed by atoms with Crippen LogP contribution >= 0.6 is 0 Å². The van der Waals surface area contributed by atoms with Crippen molar-refractivity contribution in [2.75, 3.05) is 7.11 Å². The Morgan fingerprint density at radius 1 is 1.03 bits per heavy atom. The number of aryl methyl sites for hydroxylation is 2. The van der Waals surface area contributed by atoms with E-state index in [2.05, 4.69) is 27.7 Å². The molecule has 0 aromatic carbocycles. The van der Waals surface area contributed by atoms with Crippen LogP contribution in [0.3, 0.4) is 0 Å². The molecule has 0 amide bonds. The van der Waals surface area contributed by atoms with E-state index in [4.69, 9.17) is 19.4 Å². The molecule has 0 saturated heterocycles. The molecule has 31 heavy (non-hydrogen) atoms. The van der Waals surface area contributed by atoms with Crippen LogP contribution in [0, 0.1) is 17.3 Å². The molecule has 1 atom stereocenters. The van der Waals surface area contributed by atoms with E-state index in [1.165, 1.54) is 26.2 Å². The predicted molar refractivity (Wildman–Crippen MR) is 117 cm³/mol. The van der Waals surface area contributed by atoms with Crippen LogP contribution in [0.2, 0.25) is 0 Å². The largest absolute Gasteiger partial charge is 0.500 e. The fraction of sp³-hybridized carbons (Fsp3) is 0.667. The number of allylic oxidation sites excluding steroid dienone is 4. The van der Waals surface area contributed by atoms with Gasteiger partial charge >= 0.3 is 6.18 Å². The van der Waals surface area contributed by atoms with Gasteiger partial charge in [0.15, 0.2) is 0 Å². The number of halogens is 3. The average molecular weight is 441 g/mol. The number of alkyl halides is 3. The first-order valence-corrected chi connectivity index (χ1v) is 11.0. The Hall–Kier alpha value is -2.05. The van der Waals surface area contributed by atoms with E-state index in [1.54, 1.807) is 0 Å². The molecule has 1 aromatic heterocycles. The van der Waals surface area contributed by atoms with Crippen molar-refractivity contribution in [1.82, 2.24) is 9.97 Å². The topological polar surface area (TPSA) is 44.2 Å². The van der Waals surface area contributed by atoms with E-state index in [0.29, 0.717) is 53.2 Å². The minimum atomic E-state index is -4.37. The molecule has 4 nitrogen and oxygen atoms in total. The van der Waals surface area contributed by atoms with Crippen molar-refractivity contribution in [2.24, 2.45) is 17.3 Å². The number of hydrogen-bond donors (Lipinski definition) is 0. The van der Waals surface area contributed by atoms with Gasteiger partial charge in [-0.15, -0.1) is 0 Å². The van der Waals surface area contributed by atoms with Crippen molar-refractivity contribution in [2.45, 2.75) is 80.0 Å². The highest BCUT2D eigenvalue weighted by Gasteiger charge is 2.51. The van der Waals surface area contributed by atoms with Gasteiger partial charge < -0.3 is 9.47 Å². The van der Waals surface area contributed by atoms with Crippen LogP contribution < -0.4 is 4.74 Å². The molecule has 0 spiro atoms. The Bertz CT molecular complexity index is 836. The number of aromatic nitrogens is 2. The van der Waals surface area contributed by atoms with Crippen LogP contribution in [0.25, 0.3) is 5.57 Å². The van der Waals surface area contributed by atoms with Crippen LogP contribution in [0.15, 0.2) is 17.9 Å². The fourth-order valence-electron chi connectivity index (χ4n) is 3.88. The molecule has 1 aliphatic carbocycles. The van der Waals surface area contributed by atoms with Crippen molar-refractivity contribution in [3.63, 3.8) is 0 Å². The van der Waals surface area contributed by atoms with E-state index >= 15 is 0 Å². The summed E-state index contributed by atoms with van der Waals surface area (Å²) in [6.45, 7) is 13.5. The van der Waals surface area contributed by atoms with Crippen molar-refractivity contribution in [1.29, 1.82) is 0 Å². The van der Waals surface area contributed by atoms with Gasteiger partial charge in [0.05, 0.1) is 23.9 Å². The first kappa shape index (κ1) is 25.2. The number of methoxy groups -OCH3 is 1. The second-order valence-corrected chi connectivity index (χ2v) is 9.01. The number of hydrogen-bond acceptors (Lipinski definition) is 4. The van der Waals surface area contributed by atoms with Gasteiger partial charge in [0.2, 0.25) is 5.88 Å². The molecule has 0 saturated carbocycles. The lowest BCUT2D eigenvalue weighted by atomic mass is 9.79. The van der Waals surface area contributed by atoms with Crippen molar-refractivity contribution >= 4 is 5.57 Å². The Balaban J connectivity index is 2.56. The van der Waals surface area contributed by atoms with Gasteiger partial charge in [-0.05, 0) is 31.6 Å². The third kappa shape index (κ3) is 5.24. The zero-order chi connectivity index (χ0) is 23.6. The lowest BCUT2D eigenvalue weighted by Gasteiger charge is -2.33. The lowest BCUT2D eigenvalue weighted by molar-refractivity contribution is -0.201. The zero-order valence-corrected chi connectivity index (χ0v) is 19.9. The smallest absolute Gasteiger partial charge is 0.398 e. The highest BCUT2D eigenvalue weighted by Crippen LogP contribution is 2.48. The van der Waals surface area contributed by atoms with Crippen molar-refractivity contribution in [3.05, 3.63) is 35.0 Å². The van der Waals surface area contributed by atoms with Crippen LogP contribution in [0.1, 0.15) is 72.0 Å². The maximum absolute atomic E-state index is 13.6. The summed E-state index contributed by atoms with van der Waals surface area (Å²) in [4.78, 5) is 9.57. The first-order valence-electron chi connectivity index (χ1n) is 11.0. The summed E-state index contributed by atoms with van der Waals surface area (Å²) in [5.41, 5.74) is 0.524. The minimum Gasteiger partial charge on any atom is -0.500 e. The first-order chi connectivity index (χ1) is 14.4. The maximum Gasteiger partial charge on any atom is 0.398 e. The van der Waals surface area contributed by atoms with Crippen LogP contribution in [-0.4, -0.2) is 29.4 Å².